The molecule has 0 fully saturated rings. The van der Waals surface area contributed by atoms with Gasteiger partial charge in [0.2, 0.25) is 11.8 Å². The lowest BCUT2D eigenvalue weighted by Gasteiger charge is -2.10. The molecule has 3 aromatic carbocycles. The number of hydrogen-bond acceptors (Lipinski definition) is 5. The Hall–Kier alpha value is -3.78. The minimum atomic E-state index is -0.501. The average molecular weight is 447 g/mol. The number of nitrogens with one attached hydrogen (secondary N) is 1. The quantitative estimate of drug-likeness (QED) is 0.394. The number of para-hydroxylation sites is 2. The SMILES string of the molecule is COc1ccc(-n2c(SCCC(=O)Nc3ccc(C(N)=O)cc3)nc3ccccc32)cc1. The third-order valence-corrected chi connectivity index (χ3v) is 5.81. The van der Waals surface area contributed by atoms with Gasteiger partial charge in [0.25, 0.3) is 0 Å². The maximum Gasteiger partial charge on any atom is 0.248 e. The van der Waals surface area contributed by atoms with Gasteiger partial charge in [0.05, 0.1) is 18.1 Å². The van der Waals surface area contributed by atoms with E-state index in [-0.39, 0.29) is 5.91 Å². The Bertz CT molecular complexity index is 1250. The molecule has 1 heterocycles. The zero-order valence-corrected chi connectivity index (χ0v) is 18.3. The Morgan fingerprint density at radius 1 is 1.03 bits per heavy atom. The van der Waals surface area contributed by atoms with Gasteiger partial charge in [-0.05, 0) is 60.7 Å². The minimum absolute atomic E-state index is 0.114. The van der Waals surface area contributed by atoms with Crippen molar-refractivity contribution in [2.24, 2.45) is 5.73 Å². The van der Waals surface area contributed by atoms with Crippen molar-refractivity contribution in [1.82, 2.24) is 9.55 Å². The van der Waals surface area contributed by atoms with Crippen molar-refractivity contribution in [2.45, 2.75) is 11.6 Å². The molecule has 0 radical (unpaired) electrons. The van der Waals surface area contributed by atoms with E-state index in [1.54, 1.807) is 31.4 Å². The molecule has 7 nitrogen and oxygen atoms in total. The van der Waals surface area contributed by atoms with Gasteiger partial charge < -0.3 is 15.8 Å². The second kappa shape index (κ2) is 9.57. The molecule has 3 N–H and O–H groups in total. The number of carbonyl (C=O) groups is 2. The van der Waals surface area contributed by atoms with Gasteiger partial charge in [-0.1, -0.05) is 23.9 Å². The summed E-state index contributed by atoms with van der Waals surface area (Å²) in [5, 5.41) is 3.65. The number of imidazole rings is 1. The van der Waals surface area contributed by atoms with Crippen molar-refractivity contribution in [2.75, 3.05) is 18.2 Å². The van der Waals surface area contributed by atoms with Crippen LogP contribution in [0.3, 0.4) is 0 Å². The van der Waals surface area contributed by atoms with Crippen LogP contribution in [0.25, 0.3) is 16.7 Å². The summed E-state index contributed by atoms with van der Waals surface area (Å²) >= 11 is 1.52. The Kier molecular flexibility index (Phi) is 6.42. The van der Waals surface area contributed by atoms with Gasteiger partial charge in [0.1, 0.15) is 5.75 Å². The maximum absolute atomic E-state index is 12.4. The number of primary amides is 1. The molecule has 32 heavy (non-hydrogen) atoms. The highest BCUT2D eigenvalue weighted by molar-refractivity contribution is 7.99. The fraction of sp³-hybridized carbons (Fsp3) is 0.125. The third-order valence-electron chi connectivity index (χ3n) is 4.87. The first-order chi connectivity index (χ1) is 15.5. The molecule has 4 rings (SSSR count). The fourth-order valence-corrected chi connectivity index (χ4v) is 4.22. The predicted octanol–water partition coefficient (Wildman–Crippen LogP) is 4.25. The first-order valence-electron chi connectivity index (χ1n) is 9.99. The predicted molar refractivity (Wildman–Crippen MR) is 127 cm³/mol. The molecule has 0 aliphatic rings. The summed E-state index contributed by atoms with van der Waals surface area (Å²) < 4.78 is 7.35. The standard InChI is InChI=1S/C24H22N4O3S/c1-31-19-12-10-18(11-13-19)28-21-5-3-2-4-20(21)27-24(28)32-15-14-22(29)26-17-8-6-16(7-9-17)23(25)30/h2-13H,14-15H2,1H3,(H2,25,30)(H,26,29). The van der Waals surface area contributed by atoms with Gasteiger partial charge in [-0.3, -0.25) is 14.2 Å². The summed E-state index contributed by atoms with van der Waals surface area (Å²) in [4.78, 5) is 28.3. The van der Waals surface area contributed by atoms with Crippen LogP contribution < -0.4 is 15.8 Å². The highest BCUT2D eigenvalue weighted by atomic mass is 32.2. The summed E-state index contributed by atoms with van der Waals surface area (Å²) in [5.41, 5.74) is 9.13. The highest BCUT2D eigenvalue weighted by Crippen LogP contribution is 2.29. The number of methoxy groups -OCH3 is 1. The van der Waals surface area contributed by atoms with Gasteiger partial charge in [0, 0.05) is 29.1 Å². The summed E-state index contributed by atoms with van der Waals surface area (Å²) in [7, 11) is 1.64. The molecule has 4 aromatic rings. The topological polar surface area (TPSA) is 99.2 Å². The number of fused-ring (bicyclic) bond motifs is 1. The van der Waals surface area contributed by atoms with Crippen LogP contribution in [-0.4, -0.2) is 34.2 Å². The van der Waals surface area contributed by atoms with Crippen molar-refractivity contribution in [3.63, 3.8) is 0 Å². The zero-order valence-electron chi connectivity index (χ0n) is 17.4. The molecular formula is C24H22N4O3S. The zero-order chi connectivity index (χ0) is 22.5. The van der Waals surface area contributed by atoms with Gasteiger partial charge in [0.15, 0.2) is 5.16 Å². The molecule has 0 spiro atoms. The van der Waals surface area contributed by atoms with Crippen LogP contribution >= 0.6 is 11.8 Å². The number of thioether (sulfide) groups is 1. The van der Waals surface area contributed by atoms with E-state index in [9.17, 15) is 9.59 Å². The molecule has 162 valence electrons. The Morgan fingerprint density at radius 2 is 1.75 bits per heavy atom. The second-order valence-electron chi connectivity index (χ2n) is 7.00. The van der Waals surface area contributed by atoms with E-state index in [1.807, 2.05) is 48.5 Å². The van der Waals surface area contributed by atoms with Crippen molar-refractivity contribution in [3.8, 4) is 11.4 Å². The lowest BCUT2D eigenvalue weighted by molar-refractivity contribution is -0.115. The number of benzene rings is 3. The summed E-state index contributed by atoms with van der Waals surface area (Å²) in [6, 6.07) is 22.2. The summed E-state index contributed by atoms with van der Waals surface area (Å²) in [5.74, 6) is 0.730. The fourth-order valence-electron chi connectivity index (χ4n) is 3.26. The van der Waals surface area contributed by atoms with Crippen molar-refractivity contribution < 1.29 is 14.3 Å². The van der Waals surface area contributed by atoms with Crippen LogP contribution in [0, 0.1) is 0 Å². The van der Waals surface area contributed by atoms with Crippen LogP contribution in [-0.2, 0) is 4.79 Å². The van der Waals surface area contributed by atoms with Gasteiger partial charge >= 0.3 is 0 Å². The van der Waals surface area contributed by atoms with E-state index in [0.29, 0.717) is 23.4 Å². The number of carbonyl (C=O) groups excluding carboxylic acids is 2. The monoisotopic (exact) mass is 446 g/mol. The highest BCUT2D eigenvalue weighted by Gasteiger charge is 2.14. The molecule has 0 atom stereocenters. The molecule has 0 saturated heterocycles. The maximum atomic E-state index is 12.4. The third kappa shape index (κ3) is 4.76. The first-order valence-corrected chi connectivity index (χ1v) is 11.0. The molecule has 0 saturated carbocycles. The number of anilines is 1. The second-order valence-corrected chi connectivity index (χ2v) is 8.07. The molecule has 1 aromatic heterocycles. The van der Waals surface area contributed by atoms with E-state index in [0.717, 1.165) is 27.6 Å². The summed E-state index contributed by atoms with van der Waals surface area (Å²) in [6.45, 7) is 0. The number of rotatable bonds is 8. The molecule has 2 amide bonds. The average Bonchev–Trinajstić information content (AvgIpc) is 3.17. The first kappa shape index (κ1) is 21.5. The van der Waals surface area contributed by atoms with E-state index in [1.165, 1.54) is 11.8 Å². The summed E-state index contributed by atoms with van der Waals surface area (Å²) in [6.07, 6.45) is 0.314. The Labute approximate surface area is 189 Å². The lowest BCUT2D eigenvalue weighted by atomic mass is 10.2. The van der Waals surface area contributed by atoms with Crippen LogP contribution in [0.1, 0.15) is 16.8 Å². The van der Waals surface area contributed by atoms with Crippen LogP contribution in [0.15, 0.2) is 78.0 Å². The van der Waals surface area contributed by atoms with Crippen LogP contribution in [0.5, 0.6) is 5.75 Å². The molecular weight excluding hydrogens is 424 g/mol. The number of aromatic nitrogens is 2. The molecule has 0 aliphatic carbocycles. The molecule has 8 heteroatoms. The number of amides is 2. The van der Waals surface area contributed by atoms with Gasteiger partial charge in [-0.15, -0.1) is 0 Å². The number of nitrogens with two attached hydrogens (primary N) is 1. The van der Waals surface area contributed by atoms with E-state index < -0.39 is 5.91 Å². The van der Waals surface area contributed by atoms with Crippen LogP contribution in [0.2, 0.25) is 0 Å². The van der Waals surface area contributed by atoms with Gasteiger partial charge in [-0.2, -0.15) is 0 Å². The number of nitrogens with zero attached hydrogens (tertiary/aromatic N) is 2. The largest absolute Gasteiger partial charge is 0.497 e. The molecule has 0 bridgehead atoms. The van der Waals surface area contributed by atoms with E-state index in [4.69, 9.17) is 15.5 Å². The number of ether oxygens (including phenoxy) is 1. The molecule has 0 aliphatic heterocycles. The number of hydrogen-bond donors (Lipinski definition) is 2. The smallest absolute Gasteiger partial charge is 0.248 e. The van der Waals surface area contributed by atoms with Gasteiger partial charge in [-0.25, -0.2) is 4.98 Å². The van der Waals surface area contributed by atoms with E-state index in [2.05, 4.69) is 9.88 Å². The normalized spacial score (nSPS) is 10.8. The van der Waals surface area contributed by atoms with Crippen LogP contribution in [0.4, 0.5) is 5.69 Å². The van der Waals surface area contributed by atoms with Crippen molar-refractivity contribution in [1.29, 1.82) is 0 Å². The Balaban J connectivity index is 1.46. The van der Waals surface area contributed by atoms with Crippen molar-refractivity contribution in [3.05, 3.63) is 78.4 Å². The Morgan fingerprint density at radius 3 is 2.44 bits per heavy atom. The molecule has 0 unspecified atom stereocenters. The minimum Gasteiger partial charge on any atom is -0.497 e. The lowest BCUT2D eigenvalue weighted by Crippen LogP contribution is -2.13. The van der Waals surface area contributed by atoms with Crippen molar-refractivity contribution >= 4 is 40.3 Å². The van der Waals surface area contributed by atoms with E-state index >= 15 is 0 Å².